The molecule has 0 bridgehead atoms. The molecule has 0 nitrogen and oxygen atoms in total. The van der Waals surface area contributed by atoms with E-state index in [9.17, 15) is 4.39 Å². The Morgan fingerprint density at radius 2 is 1.73 bits per heavy atom. The number of benzene rings is 2. The third-order valence-electron chi connectivity index (χ3n) is 5.46. The monoisotopic (exact) mass is 370 g/mol. The van der Waals surface area contributed by atoms with Gasteiger partial charge < -0.3 is 0 Å². The van der Waals surface area contributed by atoms with Crippen LogP contribution in [0.5, 0.6) is 0 Å². The van der Waals surface area contributed by atoms with Crippen molar-refractivity contribution in [3.05, 3.63) is 64.4 Å². The van der Waals surface area contributed by atoms with Crippen LogP contribution in [0.1, 0.15) is 63.5 Å². The van der Waals surface area contributed by atoms with Gasteiger partial charge in [-0.2, -0.15) is 0 Å². The lowest BCUT2D eigenvalue weighted by molar-refractivity contribution is 0.445. The van der Waals surface area contributed by atoms with Crippen LogP contribution < -0.4 is 0 Å². The lowest BCUT2D eigenvalue weighted by Crippen LogP contribution is -2.05. The summed E-state index contributed by atoms with van der Waals surface area (Å²) >= 11 is 6.32. The van der Waals surface area contributed by atoms with Gasteiger partial charge in [-0.05, 0) is 53.9 Å². The molecule has 1 aliphatic rings. The molecule has 2 aromatic carbocycles. The normalized spacial score (nSPS) is 17.2. The van der Waals surface area contributed by atoms with Crippen molar-refractivity contribution in [2.75, 3.05) is 0 Å². The minimum Gasteiger partial charge on any atom is -0.205 e. The van der Waals surface area contributed by atoms with Gasteiger partial charge in [0.1, 0.15) is 5.82 Å². The van der Waals surface area contributed by atoms with E-state index in [0.29, 0.717) is 5.56 Å². The minimum atomic E-state index is -0.271. The van der Waals surface area contributed by atoms with E-state index in [2.05, 4.69) is 37.3 Å². The Balaban J connectivity index is 1.79. The molecule has 1 atom stereocenters. The fourth-order valence-electron chi connectivity index (χ4n) is 3.96. The SMILES string of the molecule is CCCc1ccc(-c2ccc(C3=CCC(CCC)CC3)cc2)c(Cl)c1F. The van der Waals surface area contributed by atoms with Crippen LogP contribution in [0.4, 0.5) is 4.39 Å². The Kier molecular flexibility index (Phi) is 6.53. The van der Waals surface area contributed by atoms with Crippen LogP contribution in [0.3, 0.4) is 0 Å². The zero-order chi connectivity index (χ0) is 18.5. The van der Waals surface area contributed by atoms with Crippen molar-refractivity contribution < 1.29 is 4.39 Å². The van der Waals surface area contributed by atoms with Crippen molar-refractivity contribution in [3.63, 3.8) is 0 Å². The van der Waals surface area contributed by atoms with E-state index in [1.165, 1.54) is 36.8 Å². The van der Waals surface area contributed by atoms with Crippen LogP contribution >= 0.6 is 11.6 Å². The molecular weight excluding hydrogens is 343 g/mol. The largest absolute Gasteiger partial charge is 0.205 e. The molecule has 0 spiro atoms. The van der Waals surface area contributed by atoms with Gasteiger partial charge in [-0.1, -0.05) is 87.2 Å². The average Bonchev–Trinajstić information content (AvgIpc) is 2.67. The van der Waals surface area contributed by atoms with Crippen molar-refractivity contribution in [1.82, 2.24) is 0 Å². The molecule has 0 heterocycles. The molecule has 26 heavy (non-hydrogen) atoms. The highest BCUT2D eigenvalue weighted by Crippen LogP contribution is 2.35. The highest BCUT2D eigenvalue weighted by molar-refractivity contribution is 6.33. The molecule has 0 N–H and O–H groups in total. The third-order valence-corrected chi connectivity index (χ3v) is 5.83. The lowest BCUT2D eigenvalue weighted by Gasteiger charge is -2.21. The predicted molar refractivity (Wildman–Crippen MR) is 111 cm³/mol. The fourth-order valence-corrected chi connectivity index (χ4v) is 4.25. The van der Waals surface area contributed by atoms with Crippen LogP contribution in [0.25, 0.3) is 16.7 Å². The van der Waals surface area contributed by atoms with Gasteiger partial charge in [-0.15, -0.1) is 0 Å². The molecule has 1 aliphatic carbocycles. The van der Waals surface area contributed by atoms with Gasteiger partial charge in [0.25, 0.3) is 0 Å². The summed E-state index contributed by atoms with van der Waals surface area (Å²) in [7, 11) is 0. The first kappa shape index (κ1) is 19.2. The van der Waals surface area contributed by atoms with Crippen molar-refractivity contribution in [2.45, 2.75) is 58.8 Å². The maximum absolute atomic E-state index is 14.5. The number of hydrogen-bond donors (Lipinski definition) is 0. The Morgan fingerprint density at radius 1 is 1.00 bits per heavy atom. The molecule has 0 fully saturated rings. The second-order valence-electron chi connectivity index (χ2n) is 7.39. The first-order valence-corrected chi connectivity index (χ1v) is 10.3. The van der Waals surface area contributed by atoms with Crippen LogP contribution in [-0.4, -0.2) is 0 Å². The fraction of sp³-hybridized carbons (Fsp3) is 0.417. The van der Waals surface area contributed by atoms with Crippen LogP contribution in [-0.2, 0) is 6.42 Å². The Labute approximate surface area is 162 Å². The summed E-state index contributed by atoms with van der Waals surface area (Å²) in [5.41, 5.74) is 5.17. The maximum Gasteiger partial charge on any atom is 0.145 e. The van der Waals surface area contributed by atoms with Gasteiger partial charge in [0.05, 0.1) is 5.02 Å². The molecule has 0 aliphatic heterocycles. The van der Waals surface area contributed by atoms with Gasteiger partial charge in [-0.3, -0.25) is 0 Å². The topological polar surface area (TPSA) is 0 Å². The second kappa shape index (κ2) is 8.86. The Bertz CT molecular complexity index is 774. The van der Waals surface area contributed by atoms with Crippen molar-refractivity contribution >= 4 is 17.2 Å². The smallest absolute Gasteiger partial charge is 0.145 e. The number of allylic oxidation sites excluding steroid dienone is 2. The molecule has 0 aromatic heterocycles. The molecule has 2 heteroatoms. The highest BCUT2D eigenvalue weighted by Gasteiger charge is 2.16. The number of aryl methyl sites for hydroxylation is 1. The minimum absolute atomic E-state index is 0.239. The summed E-state index contributed by atoms with van der Waals surface area (Å²) < 4.78 is 14.5. The molecule has 0 saturated carbocycles. The Hall–Kier alpha value is -1.60. The number of halogens is 2. The van der Waals surface area contributed by atoms with Crippen molar-refractivity contribution in [1.29, 1.82) is 0 Å². The zero-order valence-electron chi connectivity index (χ0n) is 15.8. The van der Waals surface area contributed by atoms with Crippen molar-refractivity contribution in [3.8, 4) is 11.1 Å². The quantitative estimate of drug-likeness (QED) is 0.482. The van der Waals surface area contributed by atoms with Gasteiger partial charge in [0.15, 0.2) is 0 Å². The zero-order valence-corrected chi connectivity index (χ0v) is 16.6. The molecule has 3 rings (SSSR count). The van der Waals surface area contributed by atoms with E-state index in [-0.39, 0.29) is 10.8 Å². The van der Waals surface area contributed by atoms with Gasteiger partial charge in [0.2, 0.25) is 0 Å². The molecule has 138 valence electrons. The maximum atomic E-state index is 14.5. The van der Waals surface area contributed by atoms with E-state index < -0.39 is 0 Å². The van der Waals surface area contributed by atoms with Gasteiger partial charge >= 0.3 is 0 Å². The first-order chi connectivity index (χ1) is 12.6. The first-order valence-electron chi connectivity index (χ1n) is 9.90. The van der Waals surface area contributed by atoms with E-state index in [1.54, 1.807) is 0 Å². The molecule has 0 radical (unpaired) electrons. The van der Waals surface area contributed by atoms with Gasteiger partial charge in [0, 0.05) is 5.56 Å². The predicted octanol–water partition coefficient (Wildman–Crippen LogP) is 8.08. The summed E-state index contributed by atoms with van der Waals surface area (Å²) in [5.74, 6) is 0.582. The third kappa shape index (κ3) is 4.20. The van der Waals surface area contributed by atoms with Crippen LogP contribution in [0.2, 0.25) is 5.02 Å². The van der Waals surface area contributed by atoms with E-state index in [4.69, 9.17) is 11.6 Å². The summed E-state index contributed by atoms with van der Waals surface area (Å²) in [6, 6.07) is 12.2. The van der Waals surface area contributed by atoms with E-state index in [1.807, 2.05) is 19.1 Å². The highest BCUT2D eigenvalue weighted by atomic mass is 35.5. The van der Waals surface area contributed by atoms with Crippen LogP contribution in [0.15, 0.2) is 42.5 Å². The molecule has 0 amide bonds. The standard InChI is InChI=1S/C24H28ClF/c1-3-5-17-7-9-18(10-8-17)19-11-13-20(14-12-19)22-16-15-21(6-4-2)24(26)23(22)25/h9,11-17H,3-8,10H2,1-2H3. The van der Waals surface area contributed by atoms with E-state index in [0.717, 1.165) is 36.3 Å². The molecule has 1 unspecified atom stereocenters. The van der Waals surface area contributed by atoms with Crippen LogP contribution in [0, 0.1) is 11.7 Å². The molecule has 2 aromatic rings. The second-order valence-corrected chi connectivity index (χ2v) is 7.76. The van der Waals surface area contributed by atoms with Gasteiger partial charge in [-0.25, -0.2) is 4.39 Å². The van der Waals surface area contributed by atoms with E-state index >= 15 is 0 Å². The molecular formula is C24H28ClF. The summed E-state index contributed by atoms with van der Waals surface area (Å²) in [4.78, 5) is 0. The molecule has 0 saturated heterocycles. The van der Waals surface area contributed by atoms with Crippen molar-refractivity contribution in [2.24, 2.45) is 5.92 Å². The number of rotatable bonds is 6. The summed E-state index contributed by atoms with van der Waals surface area (Å²) in [6.45, 7) is 4.31. The number of hydrogen-bond acceptors (Lipinski definition) is 0. The summed E-state index contributed by atoms with van der Waals surface area (Å²) in [6.07, 6.45) is 10.3. The summed E-state index contributed by atoms with van der Waals surface area (Å²) in [5, 5.41) is 0.239. The average molecular weight is 371 g/mol. The lowest BCUT2D eigenvalue weighted by atomic mass is 9.84. The Morgan fingerprint density at radius 3 is 2.35 bits per heavy atom.